The number of fused-ring (bicyclic) bond motifs is 6. The highest BCUT2D eigenvalue weighted by atomic mass is 19.4. The number of para-hydroxylation sites is 2. The van der Waals surface area contributed by atoms with Crippen LogP contribution in [-0.2, 0) is 12.4 Å². The van der Waals surface area contributed by atoms with Crippen molar-refractivity contribution in [1.82, 2.24) is 24.1 Å². The molecule has 79 heavy (non-hydrogen) atoms. The summed E-state index contributed by atoms with van der Waals surface area (Å²) in [5.74, 6) is 1.04. The van der Waals surface area contributed by atoms with Gasteiger partial charge in [-0.2, -0.15) is 26.3 Å². The number of halogens is 6. The lowest BCUT2D eigenvalue weighted by Crippen LogP contribution is -2.10. The van der Waals surface area contributed by atoms with E-state index < -0.39 is 23.5 Å². The van der Waals surface area contributed by atoms with Crippen molar-refractivity contribution in [2.75, 3.05) is 0 Å². The molecule has 0 aliphatic carbocycles. The first-order chi connectivity index (χ1) is 38.2. The van der Waals surface area contributed by atoms with E-state index in [1.165, 1.54) is 18.2 Å². The lowest BCUT2D eigenvalue weighted by molar-refractivity contribution is -0.138. The van der Waals surface area contributed by atoms with Crippen LogP contribution in [0.5, 0.6) is 0 Å². The van der Waals surface area contributed by atoms with Crippen molar-refractivity contribution in [2.24, 2.45) is 0 Å². The zero-order valence-electron chi connectivity index (χ0n) is 42.8. The number of hydrogen-bond acceptors (Lipinski definition) is 3. The second kappa shape index (κ2) is 18.8. The van der Waals surface area contributed by atoms with Crippen LogP contribution in [0, 0.1) is 20.8 Å². The highest BCUT2D eigenvalue weighted by Crippen LogP contribution is 2.46. The number of nitrogens with zero attached hydrogens (tertiary/aromatic N) is 5. The molecule has 0 unspecified atom stereocenters. The van der Waals surface area contributed by atoms with Crippen LogP contribution in [0.25, 0.3) is 123 Å². The van der Waals surface area contributed by atoms with Crippen molar-refractivity contribution in [3.63, 3.8) is 0 Å². The minimum absolute atomic E-state index is 0.0803. The summed E-state index contributed by atoms with van der Waals surface area (Å²) in [6.45, 7) is 5.81. The van der Waals surface area contributed by atoms with Crippen molar-refractivity contribution in [2.45, 2.75) is 33.1 Å². The number of rotatable bonds is 8. The first-order valence-corrected chi connectivity index (χ1v) is 25.7. The van der Waals surface area contributed by atoms with Crippen LogP contribution in [0.1, 0.15) is 27.8 Å². The number of benzene rings is 10. The topological polar surface area (TPSA) is 48.5 Å². The quantitative estimate of drug-likeness (QED) is 0.143. The maximum atomic E-state index is 16.1. The van der Waals surface area contributed by atoms with Crippen LogP contribution in [0.2, 0.25) is 0 Å². The van der Waals surface area contributed by atoms with Gasteiger partial charge in [0.25, 0.3) is 0 Å². The van der Waals surface area contributed by atoms with Gasteiger partial charge in [-0.3, -0.25) is 0 Å². The third kappa shape index (κ3) is 8.68. The molecule has 0 saturated carbocycles. The Labute approximate surface area is 450 Å². The molecule has 0 N–H and O–H groups in total. The molecule has 5 nitrogen and oxygen atoms in total. The van der Waals surface area contributed by atoms with Gasteiger partial charge in [-0.05, 0) is 145 Å². The molecule has 0 spiro atoms. The number of aromatic nitrogens is 5. The molecule has 13 aromatic rings. The van der Waals surface area contributed by atoms with Gasteiger partial charge < -0.3 is 9.13 Å². The maximum Gasteiger partial charge on any atom is 0.417 e. The molecule has 384 valence electrons. The van der Waals surface area contributed by atoms with Crippen LogP contribution >= 0.6 is 0 Å². The Morgan fingerprint density at radius 3 is 1.38 bits per heavy atom. The summed E-state index contributed by atoms with van der Waals surface area (Å²) in [5, 5.41) is 3.45. The molecule has 0 amide bonds. The van der Waals surface area contributed by atoms with Gasteiger partial charge in [-0.1, -0.05) is 139 Å². The molecule has 3 heterocycles. The summed E-state index contributed by atoms with van der Waals surface area (Å²) in [6, 6.07) is 66.3. The summed E-state index contributed by atoms with van der Waals surface area (Å²) < 4.78 is 93.7. The van der Waals surface area contributed by atoms with E-state index in [1.807, 2.05) is 155 Å². The Kier molecular flexibility index (Phi) is 11.7. The largest absolute Gasteiger partial charge is 0.417 e. The van der Waals surface area contributed by atoms with Crippen LogP contribution in [0.15, 0.2) is 218 Å². The van der Waals surface area contributed by atoms with Crippen molar-refractivity contribution < 1.29 is 26.3 Å². The Hall–Kier alpha value is -9.61. The second-order valence-corrected chi connectivity index (χ2v) is 20.0. The van der Waals surface area contributed by atoms with E-state index in [1.54, 1.807) is 19.1 Å². The predicted molar refractivity (Wildman–Crippen MR) is 305 cm³/mol. The molecule has 13 rings (SSSR count). The van der Waals surface area contributed by atoms with Gasteiger partial charge in [0.2, 0.25) is 0 Å². The molecule has 3 aromatic heterocycles. The van der Waals surface area contributed by atoms with E-state index in [4.69, 9.17) is 15.0 Å². The Morgan fingerprint density at radius 1 is 0.329 bits per heavy atom. The van der Waals surface area contributed by atoms with Gasteiger partial charge in [0, 0.05) is 49.5 Å². The lowest BCUT2D eigenvalue weighted by atomic mass is 9.94. The van der Waals surface area contributed by atoms with E-state index in [2.05, 4.69) is 44.2 Å². The third-order valence-corrected chi connectivity index (χ3v) is 15.0. The predicted octanol–water partition coefficient (Wildman–Crippen LogP) is 19.0. The van der Waals surface area contributed by atoms with E-state index in [9.17, 15) is 13.2 Å². The highest BCUT2D eigenvalue weighted by molar-refractivity contribution is 6.12. The van der Waals surface area contributed by atoms with Crippen molar-refractivity contribution >= 4 is 43.6 Å². The summed E-state index contributed by atoms with van der Waals surface area (Å²) in [4.78, 5) is 14.9. The van der Waals surface area contributed by atoms with E-state index in [0.717, 1.165) is 78.1 Å². The average molecular weight is 1050 g/mol. The molecule has 0 saturated heterocycles. The molecule has 10 aromatic carbocycles. The molecule has 11 heteroatoms. The summed E-state index contributed by atoms with van der Waals surface area (Å²) in [5.41, 5.74) is 10.6. The van der Waals surface area contributed by atoms with Gasteiger partial charge >= 0.3 is 12.4 Å². The zero-order chi connectivity index (χ0) is 54.3. The summed E-state index contributed by atoms with van der Waals surface area (Å²) in [6.07, 6.45) is -9.32. The van der Waals surface area contributed by atoms with Gasteiger partial charge in [0.15, 0.2) is 17.5 Å². The van der Waals surface area contributed by atoms with Gasteiger partial charge in [0.1, 0.15) is 0 Å². The fraction of sp³-hybridized carbons (Fsp3) is 0.0735. The normalized spacial score (nSPS) is 12.1. The SMILES string of the molecule is Cc1ccc(-c2ccc3c(c2)c2ccccc2n3-c2ccc(C(F)(F)F)c(-c3cc(-c4nc(-c5ccccc5)nc(-c5ccccc5)n4)ccc3-n3c4ccccc4c4cc(-c5ccc(C(F)(F)F)cc5C)ccc43)c2)c(C)c1. The van der Waals surface area contributed by atoms with E-state index in [-0.39, 0.29) is 17.0 Å². The Bertz CT molecular complexity index is 4500. The average Bonchev–Trinajstić information content (AvgIpc) is 4.20. The van der Waals surface area contributed by atoms with Crippen LogP contribution < -0.4 is 0 Å². The fourth-order valence-corrected chi connectivity index (χ4v) is 11.3. The van der Waals surface area contributed by atoms with Crippen LogP contribution in [0.3, 0.4) is 0 Å². The van der Waals surface area contributed by atoms with E-state index in [0.29, 0.717) is 56.3 Å². The van der Waals surface area contributed by atoms with Crippen molar-refractivity contribution in [1.29, 1.82) is 0 Å². The van der Waals surface area contributed by atoms with Crippen LogP contribution in [0.4, 0.5) is 26.3 Å². The third-order valence-electron chi connectivity index (χ3n) is 15.0. The molecule has 0 fully saturated rings. The minimum atomic E-state index is -4.81. The maximum absolute atomic E-state index is 16.1. The Morgan fingerprint density at radius 2 is 0.823 bits per heavy atom. The van der Waals surface area contributed by atoms with Crippen molar-refractivity contribution in [3.05, 3.63) is 246 Å². The van der Waals surface area contributed by atoms with Crippen molar-refractivity contribution in [3.8, 4) is 78.9 Å². The van der Waals surface area contributed by atoms with E-state index >= 15 is 13.2 Å². The van der Waals surface area contributed by atoms with Crippen LogP contribution in [-0.4, -0.2) is 24.1 Å². The number of aryl methyl sites for hydroxylation is 3. The minimum Gasteiger partial charge on any atom is -0.309 e. The number of hydrogen-bond donors (Lipinski definition) is 0. The smallest absolute Gasteiger partial charge is 0.309 e. The first-order valence-electron chi connectivity index (χ1n) is 25.7. The number of alkyl halides is 6. The monoisotopic (exact) mass is 1050 g/mol. The fourth-order valence-electron chi connectivity index (χ4n) is 11.3. The standard InChI is InChI=1S/C68H45F6N5/c1-40-22-28-50(41(2)34-40)45-23-31-61-55(36-45)52-18-10-12-20-59(52)78(61)49-27-30-58(68(72,73)74)54(39-49)57-38-47(66-76-64(43-14-6-4-7-15-43)75-65(77-66)44-16-8-5-9-17-44)25-33-63(57)79-60-21-13-11-19-53(60)56-37-46(24-32-62(56)79)51-29-26-48(35-42(51)3)67(69,70)71/h4-39H,1-3H3. The van der Waals surface area contributed by atoms with Gasteiger partial charge in [-0.25, -0.2) is 15.0 Å². The summed E-state index contributed by atoms with van der Waals surface area (Å²) in [7, 11) is 0. The van der Waals surface area contributed by atoms with Gasteiger partial charge in [0.05, 0.1) is 38.9 Å². The molecule has 0 aliphatic rings. The lowest BCUT2D eigenvalue weighted by Gasteiger charge is -2.21. The summed E-state index contributed by atoms with van der Waals surface area (Å²) >= 11 is 0. The molecule has 0 aliphatic heterocycles. The first kappa shape index (κ1) is 49.0. The Balaban J connectivity index is 1.08. The zero-order valence-corrected chi connectivity index (χ0v) is 42.8. The molecule has 0 bridgehead atoms. The highest BCUT2D eigenvalue weighted by Gasteiger charge is 2.36. The molecule has 0 atom stereocenters. The molecule has 0 radical (unpaired) electrons. The molecular formula is C68H45F6N5. The second-order valence-electron chi connectivity index (χ2n) is 20.0. The molecular weight excluding hydrogens is 1000 g/mol. The van der Waals surface area contributed by atoms with Gasteiger partial charge in [-0.15, -0.1) is 0 Å².